The Kier molecular flexibility index (Phi) is 12.5. The summed E-state index contributed by atoms with van der Waals surface area (Å²) in [5, 5.41) is 23.5. The Labute approximate surface area is 271 Å². The third-order valence-corrected chi connectivity index (χ3v) is 8.56. The molecule has 1 aliphatic heterocycles. The van der Waals surface area contributed by atoms with E-state index in [1.807, 2.05) is 19.9 Å². The van der Waals surface area contributed by atoms with Crippen molar-refractivity contribution in [2.75, 3.05) is 13.2 Å². The first-order valence-corrected chi connectivity index (χ1v) is 16.5. The Morgan fingerprint density at radius 2 is 1.79 bits per heavy atom. The number of imidazole rings is 1. The summed E-state index contributed by atoms with van der Waals surface area (Å²) >= 11 is 0. The Morgan fingerprint density at radius 3 is 2.43 bits per heavy atom. The molecule has 15 nitrogen and oxygen atoms in total. The molecule has 0 radical (unpaired) electrons. The molecule has 4 rings (SSSR count). The highest BCUT2D eigenvalue weighted by molar-refractivity contribution is 7.52. The van der Waals surface area contributed by atoms with Crippen LogP contribution in [0.4, 0.5) is 0 Å². The minimum absolute atomic E-state index is 0.0357. The summed E-state index contributed by atoms with van der Waals surface area (Å²) in [6, 6.07) is 15.5. The monoisotopic (exact) mass is 674 g/mol. The van der Waals surface area contributed by atoms with Gasteiger partial charge in [0, 0.05) is 6.42 Å². The number of aromatic nitrogens is 2. The number of aliphatic hydroxyl groups is 1. The van der Waals surface area contributed by atoms with E-state index in [2.05, 4.69) is 10.1 Å². The lowest BCUT2D eigenvalue weighted by Gasteiger charge is -2.25. The number of nitrogens with one attached hydrogen (secondary N) is 1. The van der Waals surface area contributed by atoms with Crippen molar-refractivity contribution < 1.29 is 52.4 Å². The van der Waals surface area contributed by atoms with E-state index < -0.39 is 74.7 Å². The summed E-state index contributed by atoms with van der Waals surface area (Å²) in [5.74, 6) is -2.83. The zero-order chi connectivity index (χ0) is 34.0. The molecule has 1 amide bonds. The predicted molar refractivity (Wildman–Crippen MR) is 166 cm³/mol. The van der Waals surface area contributed by atoms with Gasteiger partial charge in [-0.25, -0.2) is 9.55 Å². The Hall–Kier alpha value is -4.27. The van der Waals surface area contributed by atoms with E-state index >= 15 is 0 Å². The summed E-state index contributed by atoms with van der Waals surface area (Å²) in [7, 11) is -4.47. The zero-order valence-electron chi connectivity index (χ0n) is 26.0. The van der Waals surface area contributed by atoms with Crippen LogP contribution >= 0.6 is 7.75 Å². The molecule has 5 atom stereocenters. The van der Waals surface area contributed by atoms with Crippen LogP contribution in [-0.2, 0) is 39.5 Å². The molecule has 1 aliphatic rings. The van der Waals surface area contributed by atoms with Crippen molar-refractivity contribution in [3.05, 3.63) is 78.2 Å². The van der Waals surface area contributed by atoms with Crippen molar-refractivity contribution in [2.24, 2.45) is 11.7 Å². The van der Waals surface area contributed by atoms with Gasteiger partial charge in [0.25, 0.3) is 5.91 Å². The normalized spacial score (nSPS) is 19.5. The molecule has 0 bridgehead atoms. The third-order valence-electron chi connectivity index (χ3n) is 6.99. The number of nitrogens with zero attached hydrogens (tertiary/aromatic N) is 2. The Balaban J connectivity index is 1.49. The lowest BCUT2D eigenvalue weighted by molar-refractivity contribution is -0.153. The maximum Gasteiger partial charge on any atom is 0.459 e. The van der Waals surface area contributed by atoms with Gasteiger partial charge < -0.3 is 34.7 Å². The number of esters is 2. The largest absolute Gasteiger partial charge is 0.493 e. The van der Waals surface area contributed by atoms with Crippen LogP contribution < -0.4 is 15.3 Å². The fraction of sp³-hybridized carbons (Fsp3) is 0.419. The van der Waals surface area contributed by atoms with Crippen molar-refractivity contribution in [1.29, 1.82) is 0 Å². The number of para-hydroxylation sites is 1. The van der Waals surface area contributed by atoms with E-state index in [0.717, 1.165) is 16.5 Å². The fourth-order valence-corrected chi connectivity index (χ4v) is 6.05. The SMILES string of the molecule is CC(C)CCOC(=O)[C@H](CC(=O)OCc1ccccc1)NP(=O)(OC[C@@H]1C[C@@H](O)[C@H](n2cnc(C(N)=O)c2O)O1)Oc1ccccc1. The number of hydrogen-bond donors (Lipinski definition) is 4. The molecule has 16 heteroatoms. The first-order valence-electron chi connectivity index (χ1n) is 15.0. The molecule has 0 spiro atoms. The fourth-order valence-electron chi connectivity index (χ4n) is 4.53. The molecule has 1 fully saturated rings. The van der Waals surface area contributed by atoms with Gasteiger partial charge in [-0.15, -0.1) is 0 Å². The molecule has 5 N–H and O–H groups in total. The average Bonchev–Trinajstić information content (AvgIpc) is 3.60. The number of aliphatic hydroxyl groups excluding tert-OH is 1. The van der Waals surface area contributed by atoms with E-state index in [0.29, 0.717) is 6.42 Å². The Morgan fingerprint density at radius 1 is 1.11 bits per heavy atom. The maximum atomic E-state index is 14.2. The molecule has 254 valence electrons. The van der Waals surface area contributed by atoms with Crippen molar-refractivity contribution in [3.63, 3.8) is 0 Å². The summed E-state index contributed by atoms with van der Waals surface area (Å²) < 4.78 is 43.3. The highest BCUT2D eigenvalue weighted by Gasteiger charge is 2.41. The highest BCUT2D eigenvalue weighted by atomic mass is 31.2. The van der Waals surface area contributed by atoms with Crippen LogP contribution in [0, 0.1) is 5.92 Å². The van der Waals surface area contributed by atoms with Gasteiger partial charge in [-0.05, 0) is 30.0 Å². The molecule has 0 saturated carbocycles. The number of ether oxygens (including phenoxy) is 3. The molecule has 2 aromatic carbocycles. The average molecular weight is 675 g/mol. The molecular weight excluding hydrogens is 635 g/mol. The standard InChI is InChI=1S/C31H39N4O11P/c1-20(2)13-14-42-31(40)24(16-26(37)43-17-21-9-5-3-6-10-21)34-47(41,46-22-11-7-4-8-12-22)44-18-23-15-25(36)30(45-23)35-19-33-27(28(32)38)29(35)39/h3-12,19-20,23-25,30,36,39H,13-18H2,1-2H3,(H2,32,38)(H,34,41)/t23-,24-,25+,30+,47?/m0/s1. The number of primary amides is 1. The van der Waals surface area contributed by atoms with Crippen molar-refractivity contribution in [2.45, 2.75) is 64.2 Å². The van der Waals surface area contributed by atoms with Crippen LogP contribution in [0.15, 0.2) is 67.0 Å². The lowest BCUT2D eigenvalue weighted by Crippen LogP contribution is -2.40. The van der Waals surface area contributed by atoms with Gasteiger partial charge in [-0.3, -0.25) is 23.5 Å². The number of carbonyl (C=O) groups is 3. The van der Waals surface area contributed by atoms with Gasteiger partial charge in [0.1, 0.15) is 30.8 Å². The van der Waals surface area contributed by atoms with Crippen LogP contribution in [-0.4, -0.2) is 69.1 Å². The molecule has 47 heavy (non-hydrogen) atoms. The van der Waals surface area contributed by atoms with Gasteiger partial charge in [-0.2, -0.15) is 5.09 Å². The molecule has 1 aromatic heterocycles. The summed E-state index contributed by atoms with van der Waals surface area (Å²) in [6.45, 7) is 3.51. The quantitative estimate of drug-likeness (QED) is 0.120. The number of amides is 1. The number of nitrogens with two attached hydrogens (primary N) is 1. The van der Waals surface area contributed by atoms with Gasteiger partial charge >= 0.3 is 19.7 Å². The van der Waals surface area contributed by atoms with E-state index in [4.69, 9.17) is 29.0 Å². The lowest BCUT2D eigenvalue weighted by atomic mass is 10.1. The topological polar surface area (TPSA) is 211 Å². The molecular formula is C31H39N4O11P. The molecule has 3 aromatic rings. The van der Waals surface area contributed by atoms with Crippen LogP contribution in [0.1, 0.15) is 55.4 Å². The first kappa shape index (κ1) is 35.6. The number of carbonyl (C=O) groups excluding carboxylic acids is 3. The second-order valence-corrected chi connectivity index (χ2v) is 12.9. The summed E-state index contributed by atoms with van der Waals surface area (Å²) in [5.41, 5.74) is 5.54. The molecule has 2 heterocycles. The van der Waals surface area contributed by atoms with Crippen LogP contribution in [0.25, 0.3) is 0 Å². The number of rotatable bonds is 17. The second-order valence-electron chi connectivity index (χ2n) is 11.2. The number of hydrogen-bond acceptors (Lipinski definition) is 12. The van der Waals surface area contributed by atoms with Gasteiger partial charge in [0.15, 0.2) is 11.9 Å². The molecule has 1 unspecified atom stereocenters. The zero-order valence-corrected chi connectivity index (χ0v) is 26.9. The first-order chi connectivity index (χ1) is 22.4. The van der Waals surface area contributed by atoms with Gasteiger partial charge in [0.2, 0.25) is 5.88 Å². The number of benzene rings is 2. The minimum Gasteiger partial charge on any atom is -0.493 e. The highest BCUT2D eigenvalue weighted by Crippen LogP contribution is 2.46. The maximum absolute atomic E-state index is 14.2. The Bertz CT molecular complexity index is 1540. The van der Waals surface area contributed by atoms with Crippen molar-refractivity contribution >= 4 is 25.6 Å². The third kappa shape index (κ3) is 10.4. The van der Waals surface area contributed by atoms with E-state index in [1.54, 1.807) is 42.5 Å². The van der Waals surface area contributed by atoms with Crippen LogP contribution in [0.5, 0.6) is 11.6 Å². The molecule has 1 saturated heterocycles. The van der Waals surface area contributed by atoms with E-state index in [9.17, 15) is 29.2 Å². The van der Waals surface area contributed by atoms with Crippen molar-refractivity contribution in [1.82, 2.24) is 14.6 Å². The van der Waals surface area contributed by atoms with E-state index in [1.165, 1.54) is 12.1 Å². The number of aromatic hydroxyl groups is 1. The smallest absolute Gasteiger partial charge is 0.459 e. The van der Waals surface area contributed by atoms with Crippen LogP contribution in [0.2, 0.25) is 0 Å². The van der Waals surface area contributed by atoms with E-state index in [-0.39, 0.29) is 31.3 Å². The van der Waals surface area contributed by atoms with Crippen LogP contribution in [0.3, 0.4) is 0 Å². The van der Waals surface area contributed by atoms with Gasteiger partial charge in [0.05, 0.1) is 25.7 Å². The molecule has 0 aliphatic carbocycles. The summed E-state index contributed by atoms with van der Waals surface area (Å²) in [4.78, 5) is 41.3. The predicted octanol–water partition coefficient (Wildman–Crippen LogP) is 3.22. The van der Waals surface area contributed by atoms with Crippen molar-refractivity contribution in [3.8, 4) is 11.6 Å². The summed E-state index contributed by atoms with van der Waals surface area (Å²) in [6.07, 6.45) is -2.20. The van der Waals surface area contributed by atoms with Gasteiger partial charge in [-0.1, -0.05) is 62.4 Å². The minimum atomic E-state index is -4.47. The second kappa shape index (κ2) is 16.5.